The molecule has 0 atom stereocenters. The Bertz CT molecular complexity index is 1440. The summed E-state index contributed by atoms with van der Waals surface area (Å²) < 4.78 is 13.8. The zero-order chi connectivity index (χ0) is 24.7. The maximum Gasteiger partial charge on any atom is 0.170 e. The maximum atomic E-state index is 13.3. The van der Waals surface area contributed by atoms with Crippen LogP contribution in [0.5, 0.6) is 17.2 Å². The molecule has 36 heavy (non-hydrogen) atoms. The van der Waals surface area contributed by atoms with E-state index >= 15 is 0 Å². The van der Waals surface area contributed by atoms with Gasteiger partial charge < -0.3 is 9.47 Å². The second-order valence-electron chi connectivity index (χ2n) is 8.55. The molecule has 5 heteroatoms. The van der Waals surface area contributed by atoms with Crippen LogP contribution in [-0.4, -0.2) is 15.6 Å². The molecule has 5 rings (SSSR count). The molecule has 0 bridgehead atoms. The molecule has 0 spiro atoms. The normalized spacial score (nSPS) is 10.7. The third-order valence-electron chi connectivity index (χ3n) is 5.82. The third kappa shape index (κ3) is 5.70. The Morgan fingerprint density at radius 3 is 2.17 bits per heavy atom. The molecule has 0 N–H and O–H groups in total. The van der Waals surface area contributed by atoms with Crippen LogP contribution in [0.2, 0.25) is 0 Å². The molecular formula is C31H26N2O3. The molecule has 0 saturated heterocycles. The molecule has 0 fully saturated rings. The minimum absolute atomic E-state index is 0.00692. The average Bonchev–Trinajstić information content (AvgIpc) is 3.36. The van der Waals surface area contributed by atoms with E-state index in [2.05, 4.69) is 5.10 Å². The summed E-state index contributed by atoms with van der Waals surface area (Å²) in [5, 5.41) is 4.26. The maximum absolute atomic E-state index is 13.3. The molecule has 1 aromatic heterocycles. The SMILES string of the molecule is Cn1cc(-c2ccc(C(=O)Cc3ccc(Oc4ccccc4)cc3)c(OCc3ccccc3)c2)cn1. The van der Waals surface area contributed by atoms with Crippen molar-refractivity contribution in [2.24, 2.45) is 7.05 Å². The Balaban J connectivity index is 1.35. The minimum Gasteiger partial charge on any atom is -0.488 e. The lowest BCUT2D eigenvalue weighted by molar-refractivity contribution is 0.0988. The number of para-hydroxylation sites is 1. The molecule has 0 unspecified atom stereocenters. The molecule has 5 aromatic rings. The number of ether oxygens (including phenoxy) is 2. The number of hydrogen-bond acceptors (Lipinski definition) is 4. The highest BCUT2D eigenvalue weighted by Crippen LogP contribution is 2.29. The van der Waals surface area contributed by atoms with Crippen molar-refractivity contribution in [3.05, 3.63) is 132 Å². The largest absolute Gasteiger partial charge is 0.488 e. The quantitative estimate of drug-likeness (QED) is 0.218. The number of rotatable bonds is 9. The Kier molecular flexibility index (Phi) is 6.90. The van der Waals surface area contributed by atoms with Gasteiger partial charge in [-0.1, -0.05) is 66.7 Å². The van der Waals surface area contributed by atoms with Gasteiger partial charge in [-0.05, 0) is 53.1 Å². The van der Waals surface area contributed by atoms with E-state index in [1.54, 1.807) is 10.9 Å². The van der Waals surface area contributed by atoms with Crippen LogP contribution in [0.25, 0.3) is 11.1 Å². The third-order valence-corrected chi connectivity index (χ3v) is 5.82. The van der Waals surface area contributed by atoms with E-state index in [9.17, 15) is 4.79 Å². The smallest absolute Gasteiger partial charge is 0.170 e. The monoisotopic (exact) mass is 474 g/mol. The summed E-state index contributed by atoms with van der Waals surface area (Å²) in [6.07, 6.45) is 4.01. The summed E-state index contributed by atoms with van der Waals surface area (Å²) in [6.45, 7) is 0.378. The highest BCUT2D eigenvalue weighted by Gasteiger charge is 2.16. The fourth-order valence-corrected chi connectivity index (χ4v) is 3.94. The van der Waals surface area contributed by atoms with Crippen LogP contribution in [0, 0.1) is 0 Å². The molecule has 1 heterocycles. The van der Waals surface area contributed by atoms with Crippen LogP contribution in [0.15, 0.2) is 116 Å². The summed E-state index contributed by atoms with van der Waals surface area (Å²) >= 11 is 0. The summed E-state index contributed by atoms with van der Waals surface area (Å²) in [7, 11) is 1.88. The van der Waals surface area contributed by atoms with E-state index in [0.29, 0.717) is 17.9 Å². The van der Waals surface area contributed by atoms with Crippen molar-refractivity contribution < 1.29 is 14.3 Å². The molecule has 0 radical (unpaired) electrons. The molecule has 0 amide bonds. The Labute approximate surface area is 210 Å². The number of nitrogens with zero attached hydrogens (tertiary/aromatic N) is 2. The molecule has 0 aliphatic carbocycles. The fourth-order valence-electron chi connectivity index (χ4n) is 3.94. The van der Waals surface area contributed by atoms with Gasteiger partial charge in [0.25, 0.3) is 0 Å². The van der Waals surface area contributed by atoms with E-state index in [0.717, 1.165) is 33.8 Å². The van der Waals surface area contributed by atoms with Crippen LogP contribution in [0.4, 0.5) is 0 Å². The van der Waals surface area contributed by atoms with Crippen LogP contribution in [0.1, 0.15) is 21.5 Å². The number of benzene rings is 4. The lowest BCUT2D eigenvalue weighted by atomic mass is 9.99. The van der Waals surface area contributed by atoms with Gasteiger partial charge in [0, 0.05) is 25.2 Å². The zero-order valence-electron chi connectivity index (χ0n) is 20.0. The molecule has 4 aromatic carbocycles. The average molecular weight is 475 g/mol. The van der Waals surface area contributed by atoms with Gasteiger partial charge in [0.2, 0.25) is 0 Å². The predicted octanol–water partition coefficient (Wildman–Crippen LogP) is 6.88. The number of aryl methyl sites for hydroxylation is 1. The summed E-state index contributed by atoms with van der Waals surface area (Å²) in [4.78, 5) is 13.3. The lowest BCUT2D eigenvalue weighted by Crippen LogP contribution is -2.07. The van der Waals surface area contributed by atoms with E-state index in [1.807, 2.05) is 116 Å². The summed E-state index contributed by atoms with van der Waals surface area (Å²) in [5.74, 6) is 2.06. The molecule has 0 saturated carbocycles. The highest BCUT2D eigenvalue weighted by atomic mass is 16.5. The molecule has 5 nitrogen and oxygen atoms in total. The van der Waals surface area contributed by atoms with Crippen molar-refractivity contribution in [2.75, 3.05) is 0 Å². The number of aromatic nitrogens is 2. The standard InChI is InChI=1S/C31H26N2O3/c1-33-21-26(20-32-33)25-14-17-29(31(19-25)35-22-24-8-4-2-5-9-24)30(34)18-23-12-15-28(16-13-23)36-27-10-6-3-7-11-27/h2-17,19-21H,18,22H2,1H3. The Morgan fingerprint density at radius 1 is 0.778 bits per heavy atom. The van der Waals surface area contributed by atoms with Crippen molar-refractivity contribution in [3.63, 3.8) is 0 Å². The van der Waals surface area contributed by atoms with E-state index in [1.165, 1.54) is 0 Å². The summed E-state index contributed by atoms with van der Waals surface area (Å²) in [6, 6.07) is 32.9. The Hall–Kier alpha value is -4.64. The first kappa shape index (κ1) is 23.1. The molecule has 178 valence electrons. The number of ketones is 1. The number of Topliss-reactive ketones (excluding diaryl/α,β-unsaturated/α-hetero) is 1. The summed E-state index contributed by atoms with van der Waals surface area (Å²) in [5.41, 5.74) is 4.42. The molecule has 0 aliphatic rings. The highest BCUT2D eigenvalue weighted by molar-refractivity contribution is 6.00. The van der Waals surface area contributed by atoms with Crippen molar-refractivity contribution in [3.8, 4) is 28.4 Å². The van der Waals surface area contributed by atoms with Crippen LogP contribution in [-0.2, 0) is 20.1 Å². The van der Waals surface area contributed by atoms with E-state index in [4.69, 9.17) is 9.47 Å². The minimum atomic E-state index is -0.00692. The van der Waals surface area contributed by atoms with E-state index < -0.39 is 0 Å². The second kappa shape index (κ2) is 10.7. The molecular weight excluding hydrogens is 448 g/mol. The van der Waals surface area contributed by atoms with Crippen molar-refractivity contribution in [1.82, 2.24) is 9.78 Å². The van der Waals surface area contributed by atoms with Crippen molar-refractivity contribution >= 4 is 5.78 Å². The molecule has 0 aliphatic heterocycles. The van der Waals surface area contributed by atoms with Gasteiger partial charge in [-0.3, -0.25) is 9.48 Å². The van der Waals surface area contributed by atoms with Gasteiger partial charge in [-0.2, -0.15) is 5.10 Å². The number of carbonyl (C=O) groups is 1. The van der Waals surface area contributed by atoms with Gasteiger partial charge in [0.15, 0.2) is 5.78 Å². The van der Waals surface area contributed by atoms with E-state index in [-0.39, 0.29) is 12.2 Å². The van der Waals surface area contributed by atoms with Gasteiger partial charge in [-0.15, -0.1) is 0 Å². The number of carbonyl (C=O) groups excluding carboxylic acids is 1. The van der Waals surface area contributed by atoms with Crippen molar-refractivity contribution in [1.29, 1.82) is 0 Å². The van der Waals surface area contributed by atoms with Crippen LogP contribution in [0.3, 0.4) is 0 Å². The zero-order valence-corrected chi connectivity index (χ0v) is 20.0. The van der Waals surface area contributed by atoms with Gasteiger partial charge in [0.05, 0.1) is 11.8 Å². The van der Waals surface area contributed by atoms with Gasteiger partial charge >= 0.3 is 0 Å². The number of hydrogen-bond donors (Lipinski definition) is 0. The topological polar surface area (TPSA) is 53.4 Å². The first-order chi connectivity index (χ1) is 17.6. The van der Waals surface area contributed by atoms with Gasteiger partial charge in [0.1, 0.15) is 23.9 Å². The predicted molar refractivity (Wildman–Crippen MR) is 140 cm³/mol. The van der Waals surface area contributed by atoms with Crippen LogP contribution < -0.4 is 9.47 Å². The van der Waals surface area contributed by atoms with Gasteiger partial charge in [-0.25, -0.2) is 0 Å². The first-order valence-electron chi connectivity index (χ1n) is 11.8. The first-order valence-corrected chi connectivity index (χ1v) is 11.8. The Morgan fingerprint density at radius 2 is 1.47 bits per heavy atom. The van der Waals surface area contributed by atoms with Crippen LogP contribution >= 0.6 is 0 Å². The van der Waals surface area contributed by atoms with Crippen molar-refractivity contribution in [2.45, 2.75) is 13.0 Å². The lowest BCUT2D eigenvalue weighted by Gasteiger charge is -2.13. The fraction of sp³-hybridized carbons (Fsp3) is 0.0968. The second-order valence-corrected chi connectivity index (χ2v) is 8.55.